The molecule has 0 radical (unpaired) electrons. The molecule has 4 aromatic rings. The van der Waals surface area contributed by atoms with E-state index in [2.05, 4.69) is 74.7 Å². The summed E-state index contributed by atoms with van der Waals surface area (Å²) in [6, 6.07) is 10.4. The first kappa shape index (κ1) is 22.4. The first-order valence-electron chi connectivity index (χ1n) is 12.3. The molecular weight excluding hydrogens is 454 g/mol. The fourth-order valence-electron chi connectivity index (χ4n) is 4.44. The van der Waals surface area contributed by atoms with Crippen molar-refractivity contribution in [1.82, 2.24) is 40.0 Å². The van der Waals surface area contributed by atoms with Gasteiger partial charge in [0, 0.05) is 76.7 Å². The Kier molecular flexibility index (Phi) is 6.36. The van der Waals surface area contributed by atoms with Gasteiger partial charge in [-0.15, -0.1) is 0 Å². The summed E-state index contributed by atoms with van der Waals surface area (Å²) < 4.78 is 1.96. The van der Waals surface area contributed by atoms with E-state index in [0.717, 1.165) is 69.4 Å². The fraction of sp³-hybridized carbons (Fsp3) is 0.360. The largest absolute Gasteiger partial charge is 0.337 e. The molecule has 3 aromatic heterocycles. The third-order valence-electron chi connectivity index (χ3n) is 6.55. The highest BCUT2D eigenvalue weighted by Crippen LogP contribution is 2.18. The number of benzene rings is 1. The van der Waals surface area contributed by atoms with Crippen LogP contribution in [-0.2, 0) is 13.0 Å². The van der Waals surface area contributed by atoms with Crippen molar-refractivity contribution in [1.29, 1.82) is 0 Å². The second-order valence-electron chi connectivity index (χ2n) is 9.24. The van der Waals surface area contributed by atoms with Crippen molar-refractivity contribution in [2.24, 2.45) is 5.92 Å². The van der Waals surface area contributed by atoms with Crippen LogP contribution in [0.1, 0.15) is 11.1 Å². The maximum Gasteiger partial charge on any atom is 0.232 e. The van der Waals surface area contributed by atoms with E-state index in [1.54, 1.807) is 12.5 Å². The molecule has 6 rings (SSSR count). The van der Waals surface area contributed by atoms with Crippen LogP contribution in [0.15, 0.2) is 61.4 Å². The van der Waals surface area contributed by atoms with E-state index in [0.29, 0.717) is 17.8 Å². The monoisotopic (exact) mass is 483 g/mol. The molecule has 0 aliphatic carbocycles. The van der Waals surface area contributed by atoms with Gasteiger partial charge in [0.05, 0.1) is 11.9 Å². The van der Waals surface area contributed by atoms with Crippen LogP contribution in [0.5, 0.6) is 0 Å². The van der Waals surface area contributed by atoms with E-state index in [4.69, 9.17) is 0 Å². The van der Waals surface area contributed by atoms with E-state index in [1.807, 2.05) is 29.3 Å². The molecule has 36 heavy (non-hydrogen) atoms. The standard InChI is InChI=1S/C25H29N11/c1-2-4-19(5-3-1)10-20-13-27-24(28-14-20)34-6-8-35(9-7-34)25-30-18-29-23(33-25)32-22-15-31-36(17-22)16-21-11-26-12-21/h1-5,13-15,17-18,21,26H,6-12,16H2,(H,29,30,32,33). The number of hydrogen-bond donors (Lipinski definition) is 2. The SMILES string of the molecule is c1ccc(Cc2cnc(N3CCN(c4ncnc(Nc5cnn(CC6CNC6)c5)n4)CC3)nc2)cc1. The Bertz CT molecular complexity index is 1260. The molecule has 0 bridgehead atoms. The van der Waals surface area contributed by atoms with Crippen molar-refractivity contribution < 1.29 is 0 Å². The molecule has 0 atom stereocenters. The molecule has 0 saturated carbocycles. The van der Waals surface area contributed by atoms with E-state index in [9.17, 15) is 0 Å². The summed E-state index contributed by atoms with van der Waals surface area (Å²) >= 11 is 0. The summed E-state index contributed by atoms with van der Waals surface area (Å²) in [4.78, 5) is 26.9. The zero-order valence-electron chi connectivity index (χ0n) is 20.0. The van der Waals surface area contributed by atoms with Gasteiger partial charge in [-0.3, -0.25) is 4.68 Å². The van der Waals surface area contributed by atoms with Crippen LogP contribution in [0, 0.1) is 5.92 Å². The first-order valence-corrected chi connectivity index (χ1v) is 12.3. The second kappa shape index (κ2) is 10.2. The molecule has 1 aromatic carbocycles. The van der Waals surface area contributed by atoms with Gasteiger partial charge in [0.15, 0.2) is 0 Å². The average Bonchev–Trinajstić information content (AvgIpc) is 3.34. The van der Waals surface area contributed by atoms with E-state index >= 15 is 0 Å². The van der Waals surface area contributed by atoms with Crippen LogP contribution in [0.2, 0.25) is 0 Å². The van der Waals surface area contributed by atoms with E-state index in [-0.39, 0.29) is 0 Å². The van der Waals surface area contributed by atoms with Gasteiger partial charge in [0.2, 0.25) is 17.8 Å². The quantitative estimate of drug-likeness (QED) is 0.384. The number of nitrogens with zero attached hydrogens (tertiary/aromatic N) is 9. The highest BCUT2D eigenvalue weighted by Gasteiger charge is 2.21. The number of nitrogens with one attached hydrogen (secondary N) is 2. The average molecular weight is 484 g/mol. The Morgan fingerprint density at radius 1 is 0.833 bits per heavy atom. The summed E-state index contributed by atoms with van der Waals surface area (Å²) in [5, 5.41) is 11.0. The van der Waals surface area contributed by atoms with Gasteiger partial charge in [-0.1, -0.05) is 30.3 Å². The predicted molar refractivity (Wildman–Crippen MR) is 137 cm³/mol. The Balaban J connectivity index is 1.03. The van der Waals surface area contributed by atoms with E-state index in [1.165, 1.54) is 5.56 Å². The van der Waals surface area contributed by atoms with Crippen molar-refractivity contribution >= 4 is 23.5 Å². The van der Waals surface area contributed by atoms with Crippen LogP contribution in [0.4, 0.5) is 23.5 Å². The Hall–Kier alpha value is -4.12. The highest BCUT2D eigenvalue weighted by atomic mass is 15.4. The molecule has 2 aliphatic rings. The van der Waals surface area contributed by atoms with Crippen LogP contribution >= 0.6 is 0 Å². The summed E-state index contributed by atoms with van der Waals surface area (Å²) in [5.41, 5.74) is 3.24. The number of anilines is 4. The van der Waals surface area contributed by atoms with Crippen LogP contribution in [0.25, 0.3) is 0 Å². The summed E-state index contributed by atoms with van der Waals surface area (Å²) in [7, 11) is 0. The summed E-state index contributed by atoms with van der Waals surface area (Å²) in [6.45, 7) is 6.19. The Morgan fingerprint density at radius 3 is 2.31 bits per heavy atom. The molecule has 184 valence electrons. The van der Waals surface area contributed by atoms with Crippen LogP contribution in [-0.4, -0.2) is 74.0 Å². The fourth-order valence-corrected chi connectivity index (χ4v) is 4.44. The molecule has 0 amide bonds. The molecule has 5 heterocycles. The van der Waals surface area contributed by atoms with Crippen LogP contribution in [0.3, 0.4) is 0 Å². The van der Waals surface area contributed by atoms with Crippen molar-refractivity contribution in [2.45, 2.75) is 13.0 Å². The van der Waals surface area contributed by atoms with Crippen LogP contribution < -0.4 is 20.4 Å². The highest BCUT2D eigenvalue weighted by molar-refractivity contribution is 5.51. The van der Waals surface area contributed by atoms with Gasteiger partial charge in [0.25, 0.3) is 0 Å². The minimum absolute atomic E-state index is 0.518. The lowest BCUT2D eigenvalue weighted by Crippen LogP contribution is -2.47. The van der Waals surface area contributed by atoms with Gasteiger partial charge >= 0.3 is 0 Å². The van der Waals surface area contributed by atoms with Gasteiger partial charge in [0.1, 0.15) is 6.33 Å². The third-order valence-corrected chi connectivity index (χ3v) is 6.55. The molecule has 11 nitrogen and oxygen atoms in total. The summed E-state index contributed by atoms with van der Waals surface area (Å²) in [5.74, 6) is 2.60. The molecule has 0 unspecified atom stereocenters. The van der Waals surface area contributed by atoms with Crippen molar-refractivity contribution in [3.8, 4) is 0 Å². The molecular formula is C25H29N11. The van der Waals surface area contributed by atoms with Gasteiger partial charge < -0.3 is 20.4 Å². The molecule has 2 fully saturated rings. The lowest BCUT2D eigenvalue weighted by atomic mass is 10.0. The maximum atomic E-state index is 4.63. The van der Waals surface area contributed by atoms with Gasteiger partial charge in [-0.25, -0.2) is 19.9 Å². The first-order chi connectivity index (χ1) is 17.8. The van der Waals surface area contributed by atoms with Crippen molar-refractivity contribution in [3.05, 3.63) is 72.6 Å². The topological polar surface area (TPSA) is 113 Å². The molecule has 0 spiro atoms. The minimum atomic E-state index is 0.518. The molecule has 2 aliphatic heterocycles. The second-order valence-corrected chi connectivity index (χ2v) is 9.24. The lowest BCUT2D eigenvalue weighted by Gasteiger charge is -2.34. The van der Waals surface area contributed by atoms with Crippen molar-refractivity contribution in [3.63, 3.8) is 0 Å². The number of rotatable bonds is 8. The normalized spacial score (nSPS) is 16.1. The smallest absolute Gasteiger partial charge is 0.232 e. The van der Waals surface area contributed by atoms with Crippen molar-refractivity contribution in [2.75, 3.05) is 54.4 Å². The molecule has 2 N–H and O–H groups in total. The maximum absolute atomic E-state index is 4.63. The number of piperazine rings is 1. The molecule has 11 heteroatoms. The zero-order valence-corrected chi connectivity index (χ0v) is 20.0. The Morgan fingerprint density at radius 2 is 1.58 bits per heavy atom. The van der Waals surface area contributed by atoms with Gasteiger partial charge in [-0.2, -0.15) is 10.1 Å². The lowest BCUT2D eigenvalue weighted by molar-refractivity contribution is 0.295. The number of aromatic nitrogens is 7. The zero-order chi connectivity index (χ0) is 24.2. The minimum Gasteiger partial charge on any atom is -0.337 e. The summed E-state index contributed by atoms with van der Waals surface area (Å²) in [6.07, 6.45) is 10.0. The van der Waals surface area contributed by atoms with Gasteiger partial charge in [-0.05, 0) is 11.1 Å². The third kappa shape index (κ3) is 5.25. The number of hydrogen-bond acceptors (Lipinski definition) is 10. The van der Waals surface area contributed by atoms with E-state index < -0.39 is 0 Å². The molecule has 2 saturated heterocycles. The Labute approximate surface area is 209 Å². The predicted octanol–water partition coefficient (Wildman–Crippen LogP) is 1.74.